The second-order valence-corrected chi connectivity index (χ2v) is 7.21. The molecule has 0 unspecified atom stereocenters. The van der Waals surface area contributed by atoms with Gasteiger partial charge in [-0.05, 0) is 32.9 Å². The quantitative estimate of drug-likeness (QED) is 0.556. The largest absolute Gasteiger partial charge is 0.455 e. The van der Waals surface area contributed by atoms with Gasteiger partial charge in [0.15, 0.2) is 5.69 Å². The van der Waals surface area contributed by atoms with Gasteiger partial charge in [0.2, 0.25) is 5.95 Å². The second-order valence-electron chi connectivity index (χ2n) is 6.30. The number of rotatable bonds is 2. The molecule has 0 saturated heterocycles. The number of thiophene rings is 1. The van der Waals surface area contributed by atoms with Crippen molar-refractivity contribution in [2.75, 3.05) is 5.73 Å². The van der Waals surface area contributed by atoms with Crippen molar-refractivity contribution in [1.82, 2.24) is 14.8 Å². The summed E-state index contributed by atoms with van der Waals surface area (Å²) >= 11 is 1.13. The maximum Gasteiger partial charge on any atom is 0.360 e. The maximum absolute atomic E-state index is 13.1. The van der Waals surface area contributed by atoms with E-state index in [0.29, 0.717) is 5.39 Å². The number of esters is 1. The third kappa shape index (κ3) is 3.22. The van der Waals surface area contributed by atoms with Crippen LogP contribution in [-0.4, -0.2) is 26.3 Å². The summed E-state index contributed by atoms with van der Waals surface area (Å²) in [6.45, 7) is 5.18. The molecule has 0 saturated carbocycles. The van der Waals surface area contributed by atoms with E-state index >= 15 is 0 Å². The third-order valence-electron chi connectivity index (χ3n) is 3.23. The topological polar surface area (TPSA) is 100 Å². The molecular formula is C16H15FN4O3S. The van der Waals surface area contributed by atoms with Crippen LogP contribution in [0.2, 0.25) is 0 Å². The molecule has 9 heteroatoms. The van der Waals surface area contributed by atoms with Gasteiger partial charge in [0.1, 0.15) is 5.60 Å². The Labute approximate surface area is 145 Å². The van der Waals surface area contributed by atoms with E-state index in [9.17, 15) is 14.0 Å². The van der Waals surface area contributed by atoms with Crippen molar-refractivity contribution >= 4 is 33.1 Å². The molecule has 0 aliphatic carbocycles. The number of carbonyl (C=O) groups excluding carboxylic acids is 1. The lowest BCUT2D eigenvalue weighted by Gasteiger charge is -2.19. The van der Waals surface area contributed by atoms with E-state index in [-0.39, 0.29) is 21.8 Å². The minimum absolute atomic E-state index is 0.0400. The number of halogens is 1. The number of carbonyl (C=O) groups is 1. The van der Waals surface area contributed by atoms with E-state index in [4.69, 9.17) is 10.5 Å². The van der Waals surface area contributed by atoms with Gasteiger partial charge < -0.3 is 10.5 Å². The van der Waals surface area contributed by atoms with Gasteiger partial charge in [-0.1, -0.05) is 0 Å². The molecule has 3 aromatic rings. The number of pyridine rings is 1. The summed E-state index contributed by atoms with van der Waals surface area (Å²) < 4.78 is 19.4. The predicted octanol–water partition coefficient (Wildman–Crippen LogP) is 2.52. The molecule has 2 N–H and O–H groups in total. The van der Waals surface area contributed by atoms with Crippen LogP contribution in [0.4, 0.5) is 9.39 Å². The van der Waals surface area contributed by atoms with Crippen LogP contribution in [-0.2, 0) is 4.74 Å². The number of nitrogens with zero attached hydrogens (tertiary/aromatic N) is 3. The predicted molar refractivity (Wildman–Crippen MR) is 92.6 cm³/mol. The number of hydrogen-bond acceptors (Lipinski definition) is 7. The first-order valence-corrected chi connectivity index (χ1v) is 8.20. The number of ether oxygens (including phenoxy) is 1. The molecule has 130 valence electrons. The summed E-state index contributed by atoms with van der Waals surface area (Å²) in [5, 5.41) is 6.46. The van der Waals surface area contributed by atoms with E-state index < -0.39 is 23.1 Å². The number of anilines is 1. The monoisotopic (exact) mass is 361 g/mol. The zero-order chi connectivity index (χ0) is 18.4. The molecule has 0 aliphatic heterocycles. The van der Waals surface area contributed by atoms with Crippen LogP contribution in [0.1, 0.15) is 31.3 Å². The summed E-state index contributed by atoms with van der Waals surface area (Å²) in [7, 11) is 0. The molecule has 0 aliphatic rings. The Balaban J connectivity index is 2.27. The Morgan fingerprint density at radius 3 is 2.68 bits per heavy atom. The van der Waals surface area contributed by atoms with Crippen molar-refractivity contribution < 1.29 is 13.9 Å². The summed E-state index contributed by atoms with van der Waals surface area (Å²) in [5.74, 6) is -1.38. The average Bonchev–Trinajstić information content (AvgIpc) is 2.89. The smallest absolute Gasteiger partial charge is 0.360 e. The van der Waals surface area contributed by atoms with Gasteiger partial charge in [-0.15, -0.1) is 11.3 Å². The molecule has 3 heterocycles. The van der Waals surface area contributed by atoms with Gasteiger partial charge >= 0.3 is 5.97 Å². The minimum Gasteiger partial charge on any atom is -0.455 e. The van der Waals surface area contributed by atoms with Gasteiger partial charge in [0, 0.05) is 10.8 Å². The van der Waals surface area contributed by atoms with E-state index in [1.165, 1.54) is 6.07 Å². The number of nitrogens with two attached hydrogens (primary N) is 1. The molecule has 25 heavy (non-hydrogen) atoms. The van der Waals surface area contributed by atoms with Gasteiger partial charge in [-0.2, -0.15) is 14.2 Å². The van der Waals surface area contributed by atoms with E-state index in [1.807, 2.05) is 0 Å². The van der Waals surface area contributed by atoms with Crippen molar-refractivity contribution in [2.24, 2.45) is 0 Å². The normalized spacial score (nSPS) is 11.7. The highest BCUT2D eigenvalue weighted by Crippen LogP contribution is 2.28. The Morgan fingerprint density at radius 1 is 1.36 bits per heavy atom. The van der Waals surface area contributed by atoms with Gasteiger partial charge in [0.25, 0.3) is 5.56 Å². The van der Waals surface area contributed by atoms with Gasteiger partial charge in [0.05, 0.1) is 22.3 Å². The summed E-state index contributed by atoms with van der Waals surface area (Å²) in [6, 6.07) is 2.43. The van der Waals surface area contributed by atoms with Crippen molar-refractivity contribution in [2.45, 2.75) is 26.4 Å². The number of aromatic nitrogens is 3. The number of hydrogen-bond donors (Lipinski definition) is 1. The highest BCUT2D eigenvalue weighted by molar-refractivity contribution is 7.15. The van der Waals surface area contributed by atoms with Crippen molar-refractivity contribution in [3.8, 4) is 5.69 Å². The molecule has 0 spiro atoms. The minimum atomic E-state index is -0.731. The molecule has 0 amide bonds. The van der Waals surface area contributed by atoms with Crippen LogP contribution in [0.5, 0.6) is 0 Å². The lowest BCUT2D eigenvalue weighted by molar-refractivity contribution is 0.00634. The van der Waals surface area contributed by atoms with E-state index in [0.717, 1.165) is 28.3 Å². The molecular weight excluding hydrogens is 346 g/mol. The van der Waals surface area contributed by atoms with Crippen LogP contribution in [0.25, 0.3) is 16.5 Å². The van der Waals surface area contributed by atoms with Crippen molar-refractivity contribution in [3.63, 3.8) is 0 Å². The molecule has 0 fully saturated rings. The Hall–Kier alpha value is -2.81. The van der Waals surface area contributed by atoms with E-state index in [1.54, 1.807) is 26.2 Å². The first-order chi connectivity index (χ1) is 11.7. The van der Waals surface area contributed by atoms with E-state index in [2.05, 4.69) is 10.1 Å². The zero-order valence-electron chi connectivity index (χ0n) is 13.7. The zero-order valence-corrected chi connectivity index (χ0v) is 14.6. The lowest BCUT2D eigenvalue weighted by Crippen LogP contribution is -2.28. The molecule has 3 rings (SSSR count). The van der Waals surface area contributed by atoms with Crippen LogP contribution >= 0.6 is 11.3 Å². The molecule has 0 bridgehead atoms. The fraction of sp³-hybridized carbons (Fsp3) is 0.250. The molecule has 7 nitrogen and oxygen atoms in total. The number of fused-ring (bicyclic) bond motifs is 1. The first-order valence-electron chi connectivity index (χ1n) is 7.32. The number of nitrogen functional groups attached to an aromatic ring is 1. The lowest BCUT2D eigenvalue weighted by atomic mass is 10.2. The maximum atomic E-state index is 13.1. The van der Waals surface area contributed by atoms with Crippen LogP contribution in [0, 0.1) is 5.95 Å². The van der Waals surface area contributed by atoms with Gasteiger partial charge in [-0.25, -0.2) is 9.78 Å². The Morgan fingerprint density at radius 2 is 2.08 bits per heavy atom. The molecule has 0 aromatic carbocycles. The average molecular weight is 361 g/mol. The third-order valence-corrected chi connectivity index (χ3v) is 4.04. The highest BCUT2D eigenvalue weighted by atomic mass is 32.1. The fourth-order valence-electron chi connectivity index (χ4n) is 2.22. The molecule has 3 aromatic heterocycles. The molecule has 0 atom stereocenters. The Kier molecular flexibility index (Phi) is 4.03. The fourth-order valence-corrected chi connectivity index (χ4v) is 3.01. The molecule has 0 radical (unpaired) electrons. The summed E-state index contributed by atoms with van der Waals surface area (Å²) in [5.41, 5.74) is 4.82. The van der Waals surface area contributed by atoms with Crippen molar-refractivity contribution in [3.05, 3.63) is 45.7 Å². The van der Waals surface area contributed by atoms with Crippen LogP contribution < -0.4 is 11.3 Å². The summed E-state index contributed by atoms with van der Waals surface area (Å²) in [6.07, 6.45) is 1.15. The second kappa shape index (κ2) is 5.92. The van der Waals surface area contributed by atoms with Gasteiger partial charge in [-0.3, -0.25) is 4.79 Å². The Bertz CT molecular complexity index is 1020. The van der Waals surface area contributed by atoms with Crippen LogP contribution in [0.3, 0.4) is 0 Å². The first kappa shape index (κ1) is 17.0. The highest BCUT2D eigenvalue weighted by Gasteiger charge is 2.25. The van der Waals surface area contributed by atoms with Crippen LogP contribution in [0.15, 0.2) is 28.5 Å². The standard InChI is InChI=1S/C16H15FN4O3S/c1-16(2,3)24-15(23)12-9-7-25-13(18)11(9)14(22)21(20-12)8-4-5-10(17)19-6-8/h4-7H,18H2,1-3H3/i17-1. The summed E-state index contributed by atoms with van der Waals surface area (Å²) in [4.78, 5) is 28.7. The SMILES string of the molecule is CC(C)(C)OC(=O)c1nn(-c2ccc([18F])nc2)c(=O)c2c(N)scc12. The van der Waals surface area contributed by atoms with Crippen molar-refractivity contribution in [1.29, 1.82) is 0 Å².